The van der Waals surface area contributed by atoms with Crippen molar-refractivity contribution >= 4 is 17.6 Å². The average Bonchev–Trinajstić information content (AvgIpc) is 2.59. The average molecular weight is 351 g/mol. The Morgan fingerprint density at radius 2 is 2.12 bits per heavy atom. The van der Waals surface area contributed by atoms with Crippen LogP contribution in [-0.2, 0) is 6.42 Å². The molecule has 1 unspecified atom stereocenters. The van der Waals surface area contributed by atoms with Crippen LogP contribution in [-0.4, -0.2) is 50.1 Å². The van der Waals surface area contributed by atoms with E-state index in [1.54, 1.807) is 0 Å². The Bertz CT molecular complexity index is 530. The molecule has 1 atom stereocenters. The first-order valence-electron chi connectivity index (χ1n) is 9.02. The third-order valence-electron chi connectivity index (χ3n) is 4.71. The van der Waals surface area contributed by atoms with E-state index < -0.39 is 0 Å². The first-order valence-corrected chi connectivity index (χ1v) is 9.40. The van der Waals surface area contributed by atoms with Gasteiger partial charge in [-0.25, -0.2) is 0 Å². The summed E-state index contributed by atoms with van der Waals surface area (Å²) in [5, 5.41) is 7.70. The monoisotopic (exact) mass is 350 g/mol. The molecule has 1 aromatic rings. The second-order valence-corrected chi connectivity index (χ2v) is 7.23. The van der Waals surface area contributed by atoms with Gasteiger partial charge in [-0.05, 0) is 57.2 Å². The summed E-state index contributed by atoms with van der Waals surface area (Å²) in [7, 11) is 1.83. The molecule has 24 heavy (non-hydrogen) atoms. The molecule has 0 radical (unpaired) electrons. The molecule has 1 aliphatic rings. The summed E-state index contributed by atoms with van der Waals surface area (Å²) >= 11 is 6.20. The molecule has 0 aliphatic carbocycles. The van der Waals surface area contributed by atoms with Gasteiger partial charge in [-0.15, -0.1) is 0 Å². The van der Waals surface area contributed by atoms with Crippen LogP contribution in [0.25, 0.3) is 0 Å². The summed E-state index contributed by atoms with van der Waals surface area (Å²) in [6, 6.07) is 8.64. The van der Waals surface area contributed by atoms with Crippen molar-refractivity contribution in [3.05, 3.63) is 34.9 Å². The molecule has 0 spiro atoms. The molecule has 2 rings (SSSR count). The standard InChI is InChI=1S/C19H31ClN4/c1-15(2)24-12-6-7-16(14-24)13-23-19(21-3)22-11-10-17-8-4-5-9-18(17)20/h4-5,8-9,15-16H,6-7,10-14H2,1-3H3,(H2,21,22,23). The lowest BCUT2D eigenvalue weighted by molar-refractivity contribution is 0.141. The quantitative estimate of drug-likeness (QED) is 0.611. The summed E-state index contributed by atoms with van der Waals surface area (Å²) in [6.07, 6.45) is 3.49. The predicted octanol–water partition coefficient (Wildman–Crippen LogP) is 3.17. The highest BCUT2D eigenvalue weighted by molar-refractivity contribution is 6.31. The maximum absolute atomic E-state index is 6.20. The molecule has 1 heterocycles. The zero-order chi connectivity index (χ0) is 17.4. The fourth-order valence-electron chi connectivity index (χ4n) is 3.21. The van der Waals surface area contributed by atoms with Gasteiger partial charge in [0, 0.05) is 37.7 Å². The summed E-state index contributed by atoms with van der Waals surface area (Å²) in [6.45, 7) is 8.79. The maximum Gasteiger partial charge on any atom is 0.190 e. The van der Waals surface area contributed by atoms with E-state index in [1.807, 2.05) is 25.2 Å². The van der Waals surface area contributed by atoms with Crippen molar-refractivity contribution in [3.63, 3.8) is 0 Å². The van der Waals surface area contributed by atoms with Gasteiger partial charge in [0.25, 0.3) is 0 Å². The van der Waals surface area contributed by atoms with E-state index in [2.05, 4.69) is 40.4 Å². The molecule has 2 N–H and O–H groups in total. The van der Waals surface area contributed by atoms with E-state index in [4.69, 9.17) is 11.6 Å². The van der Waals surface area contributed by atoms with Gasteiger partial charge in [-0.1, -0.05) is 29.8 Å². The van der Waals surface area contributed by atoms with Crippen LogP contribution in [0.5, 0.6) is 0 Å². The van der Waals surface area contributed by atoms with Gasteiger partial charge < -0.3 is 15.5 Å². The van der Waals surface area contributed by atoms with Crippen molar-refractivity contribution in [2.75, 3.05) is 33.2 Å². The highest BCUT2D eigenvalue weighted by Gasteiger charge is 2.21. The topological polar surface area (TPSA) is 39.7 Å². The smallest absolute Gasteiger partial charge is 0.190 e. The van der Waals surface area contributed by atoms with Gasteiger partial charge in [0.2, 0.25) is 0 Å². The number of piperidine rings is 1. The van der Waals surface area contributed by atoms with Crippen LogP contribution in [0, 0.1) is 5.92 Å². The lowest BCUT2D eigenvalue weighted by atomic mass is 9.97. The number of rotatable bonds is 6. The van der Waals surface area contributed by atoms with Crippen molar-refractivity contribution < 1.29 is 0 Å². The first-order chi connectivity index (χ1) is 11.6. The molecule has 4 nitrogen and oxygen atoms in total. The van der Waals surface area contributed by atoms with Gasteiger partial charge >= 0.3 is 0 Å². The Morgan fingerprint density at radius 3 is 2.83 bits per heavy atom. The van der Waals surface area contributed by atoms with Gasteiger partial charge in [0.1, 0.15) is 0 Å². The highest BCUT2D eigenvalue weighted by atomic mass is 35.5. The Morgan fingerprint density at radius 1 is 1.33 bits per heavy atom. The van der Waals surface area contributed by atoms with Gasteiger partial charge in [-0.3, -0.25) is 4.99 Å². The number of nitrogens with one attached hydrogen (secondary N) is 2. The van der Waals surface area contributed by atoms with Crippen molar-refractivity contribution in [2.24, 2.45) is 10.9 Å². The number of aliphatic imine (C=N–C) groups is 1. The first kappa shape index (κ1) is 19.1. The second kappa shape index (κ2) is 9.90. The second-order valence-electron chi connectivity index (χ2n) is 6.82. The summed E-state index contributed by atoms with van der Waals surface area (Å²) in [5.74, 6) is 1.58. The maximum atomic E-state index is 6.20. The lowest BCUT2D eigenvalue weighted by Crippen LogP contribution is -2.46. The van der Waals surface area contributed by atoms with E-state index in [1.165, 1.54) is 31.5 Å². The highest BCUT2D eigenvalue weighted by Crippen LogP contribution is 2.17. The van der Waals surface area contributed by atoms with E-state index in [9.17, 15) is 0 Å². The van der Waals surface area contributed by atoms with E-state index >= 15 is 0 Å². The number of halogens is 1. The predicted molar refractivity (Wildman–Crippen MR) is 104 cm³/mol. The molecule has 0 bridgehead atoms. The lowest BCUT2D eigenvalue weighted by Gasteiger charge is -2.35. The van der Waals surface area contributed by atoms with Gasteiger partial charge in [0.15, 0.2) is 5.96 Å². The summed E-state index contributed by atoms with van der Waals surface area (Å²) in [5.41, 5.74) is 1.17. The Kier molecular flexibility index (Phi) is 7.86. The number of benzene rings is 1. The molecule has 1 aromatic carbocycles. The fourth-order valence-corrected chi connectivity index (χ4v) is 3.44. The van der Waals surface area contributed by atoms with Crippen LogP contribution in [0.3, 0.4) is 0 Å². The molecule has 0 aromatic heterocycles. The molecule has 0 saturated carbocycles. The third-order valence-corrected chi connectivity index (χ3v) is 5.08. The van der Waals surface area contributed by atoms with Gasteiger partial charge in [-0.2, -0.15) is 0 Å². The number of hydrogen-bond donors (Lipinski definition) is 2. The Labute approximate surface area is 151 Å². The van der Waals surface area contributed by atoms with Crippen molar-refractivity contribution in [2.45, 2.75) is 39.2 Å². The zero-order valence-electron chi connectivity index (χ0n) is 15.2. The molecule has 1 fully saturated rings. The van der Waals surface area contributed by atoms with Crippen LogP contribution in [0.4, 0.5) is 0 Å². The normalized spacial score (nSPS) is 19.5. The number of hydrogen-bond acceptors (Lipinski definition) is 2. The van der Waals surface area contributed by atoms with Crippen LogP contribution < -0.4 is 10.6 Å². The Hall–Kier alpha value is -1.26. The molecular weight excluding hydrogens is 320 g/mol. The molecule has 134 valence electrons. The summed E-state index contributed by atoms with van der Waals surface area (Å²) < 4.78 is 0. The SMILES string of the molecule is CN=C(NCCc1ccccc1Cl)NCC1CCCN(C(C)C)C1. The van der Waals surface area contributed by atoms with E-state index in [0.717, 1.165) is 30.5 Å². The molecule has 1 saturated heterocycles. The van der Waals surface area contributed by atoms with E-state index in [-0.39, 0.29) is 0 Å². The molecule has 1 aliphatic heterocycles. The number of nitrogens with zero attached hydrogens (tertiary/aromatic N) is 2. The minimum Gasteiger partial charge on any atom is -0.356 e. The fraction of sp³-hybridized carbons (Fsp3) is 0.632. The number of guanidine groups is 1. The molecule has 0 amide bonds. The van der Waals surface area contributed by atoms with Crippen molar-refractivity contribution in [1.29, 1.82) is 0 Å². The Balaban J connectivity index is 1.72. The van der Waals surface area contributed by atoms with Crippen molar-refractivity contribution in [1.82, 2.24) is 15.5 Å². The van der Waals surface area contributed by atoms with Crippen LogP contribution in [0.15, 0.2) is 29.3 Å². The minimum absolute atomic E-state index is 0.640. The van der Waals surface area contributed by atoms with Gasteiger partial charge in [0.05, 0.1) is 0 Å². The third kappa shape index (κ3) is 5.99. The number of likely N-dealkylation sites (tertiary alicyclic amines) is 1. The summed E-state index contributed by atoms with van der Waals surface area (Å²) in [4.78, 5) is 6.90. The van der Waals surface area contributed by atoms with E-state index in [0.29, 0.717) is 12.0 Å². The minimum atomic E-state index is 0.640. The van der Waals surface area contributed by atoms with Crippen LogP contribution in [0.1, 0.15) is 32.3 Å². The zero-order valence-corrected chi connectivity index (χ0v) is 15.9. The van der Waals surface area contributed by atoms with Crippen LogP contribution >= 0.6 is 11.6 Å². The largest absolute Gasteiger partial charge is 0.356 e. The van der Waals surface area contributed by atoms with Crippen LogP contribution in [0.2, 0.25) is 5.02 Å². The van der Waals surface area contributed by atoms with Crippen molar-refractivity contribution in [3.8, 4) is 0 Å². The molecule has 5 heteroatoms. The molecular formula is C19H31ClN4.